The van der Waals surface area contributed by atoms with Gasteiger partial charge in [0, 0.05) is 18.4 Å². The van der Waals surface area contributed by atoms with Gasteiger partial charge in [-0.3, -0.25) is 16.3 Å². The summed E-state index contributed by atoms with van der Waals surface area (Å²) in [5.74, 6) is 6.38. The molecule has 1 fully saturated rings. The highest BCUT2D eigenvalue weighted by Gasteiger charge is 2.28. The van der Waals surface area contributed by atoms with Gasteiger partial charge in [-0.2, -0.15) is 0 Å². The minimum atomic E-state index is 0.316. The van der Waals surface area contributed by atoms with E-state index in [-0.39, 0.29) is 0 Å². The quantitative estimate of drug-likeness (QED) is 0.583. The minimum Gasteiger partial charge on any atom is -0.271 e. The lowest BCUT2D eigenvalue weighted by molar-refractivity contribution is 0.231. The minimum absolute atomic E-state index is 0.316. The van der Waals surface area contributed by atoms with Gasteiger partial charge in [0.05, 0.1) is 0 Å². The Morgan fingerprint density at radius 3 is 2.93 bits per heavy atom. The lowest BCUT2D eigenvalue weighted by Crippen LogP contribution is -2.37. The fraction of sp³-hybridized carbons (Fsp3) is 0.583. The standard InChI is InChI=1S/C12H19N3/c1-2-9-8-14-7-6-11(9)12(15-13)10-4-3-5-10/h6-8,10,12,15H,2-5,13H2,1H3. The highest BCUT2D eigenvalue weighted by molar-refractivity contribution is 5.27. The first-order valence-electron chi connectivity index (χ1n) is 5.75. The number of rotatable bonds is 4. The molecule has 1 heterocycles. The molecule has 1 aromatic rings. The maximum absolute atomic E-state index is 5.67. The van der Waals surface area contributed by atoms with E-state index in [9.17, 15) is 0 Å². The monoisotopic (exact) mass is 205 g/mol. The maximum Gasteiger partial charge on any atom is 0.0491 e. The molecule has 1 aliphatic rings. The van der Waals surface area contributed by atoms with Crippen LogP contribution in [0.5, 0.6) is 0 Å². The van der Waals surface area contributed by atoms with Gasteiger partial charge in [-0.05, 0) is 42.4 Å². The van der Waals surface area contributed by atoms with E-state index in [0.717, 1.165) is 6.42 Å². The molecule has 2 rings (SSSR count). The summed E-state index contributed by atoms with van der Waals surface area (Å²) < 4.78 is 0. The van der Waals surface area contributed by atoms with E-state index in [1.807, 2.05) is 12.4 Å². The van der Waals surface area contributed by atoms with Crippen molar-refractivity contribution < 1.29 is 0 Å². The summed E-state index contributed by atoms with van der Waals surface area (Å²) in [5.41, 5.74) is 5.61. The third kappa shape index (κ3) is 2.03. The summed E-state index contributed by atoms with van der Waals surface area (Å²) in [5, 5.41) is 0. The van der Waals surface area contributed by atoms with Gasteiger partial charge in [-0.1, -0.05) is 13.3 Å². The predicted molar refractivity (Wildman–Crippen MR) is 61.0 cm³/mol. The van der Waals surface area contributed by atoms with Crippen molar-refractivity contribution in [2.75, 3.05) is 0 Å². The predicted octanol–water partition coefficient (Wildman–Crippen LogP) is 1.95. The zero-order valence-electron chi connectivity index (χ0n) is 9.24. The zero-order valence-corrected chi connectivity index (χ0v) is 9.24. The number of aromatic nitrogens is 1. The summed E-state index contributed by atoms with van der Waals surface area (Å²) in [7, 11) is 0. The maximum atomic E-state index is 5.67. The Morgan fingerprint density at radius 1 is 1.60 bits per heavy atom. The van der Waals surface area contributed by atoms with Crippen molar-refractivity contribution in [1.82, 2.24) is 10.4 Å². The van der Waals surface area contributed by atoms with E-state index in [4.69, 9.17) is 5.84 Å². The Labute approximate surface area is 91.1 Å². The van der Waals surface area contributed by atoms with Gasteiger partial charge in [0.25, 0.3) is 0 Å². The second-order valence-electron chi connectivity index (χ2n) is 4.26. The molecular formula is C12H19N3. The van der Waals surface area contributed by atoms with Gasteiger partial charge >= 0.3 is 0 Å². The van der Waals surface area contributed by atoms with Crippen molar-refractivity contribution in [2.45, 2.75) is 38.6 Å². The van der Waals surface area contributed by atoms with Crippen LogP contribution in [0.2, 0.25) is 0 Å². The Morgan fingerprint density at radius 2 is 2.40 bits per heavy atom. The molecule has 3 nitrogen and oxygen atoms in total. The molecule has 3 N–H and O–H groups in total. The third-order valence-corrected chi connectivity index (χ3v) is 3.46. The Balaban J connectivity index is 2.24. The summed E-state index contributed by atoms with van der Waals surface area (Å²) in [6.45, 7) is 2.16. The first-order valence-corrected chi connectivity index (χ1v) is 5.75. The number of nitrogens with two attached hydrogens (primary N) is 1. The highest BCUT2D eigenvalue weighted by atomic mass is 15.2. The van der Waals surface area contributed by atoms with Crippen LogP contribution in [0.15, 0.2) is 18.5 Å². The van der Waals surface area contributed by atoms with Crippen molar-refractivity contribution in [1.29, 1.82) is 0 Å². The molecule has 0 bridgehead atoms. The molecule has 3 heteroatoms. The summed E-state index contributed by atoms with van der Waals surface area (Å²) >= 11 is 0. The molecule has 0 aromatic carbocycles. The van der Waals surface area contributed by atoms with Crippen LogP contribution in [0.4, 0.5) is 0 Å². The first-order chi connectivity index (χ1) is 7.36. The first kappa shape index (κ1) is 10.6. The highest BCUT2D eigenvalue weighted by Crippen LogP contribution is 2.38. The summed E-state index contributed by atoms with van der Waals surface area (Å²) in [4.78, 5) is 4.17. The zero-order chi connectivity index (χ0) is 10.7. The molecule has 0 spiro atoms. The summed E-state index contributed by atoms with van der Waals surface area (Å²) in [6.07, 6.45) is 8.76. The van der Waals surface area contributed by atoms with Crippen LogP contribution < -0.4 is 11.3 Å². The van der Waals surface area contributed by atoms with E-state index >= 15 is 0 Å². The van der Waals surface area contributed by atoms with Crippen LogP contribution in [0.1, 0.15) is 43.4 Å². The molecule has 1 saturated carbocycles. The Hall–Kier alpha value is -0.930. The largest absolute Gasteiger partial charge is 0.271 e. The second kappa shape index (κ2) is 4.73. The van der Waals surface area contributed by atoms with Crippen LogP contribution in [-0.2, 0) is 6.42 Å². The average molecular weight is 205 g/mol. The third-order valence-electron chi connectivity index (χ3n) is 3.46. The van der Waals surface area contributed by atoms with E-state index < -0.39 is 0 Å². The number of hydrogen-bond donors (Lipinski definition) is 2. The molecule has 0 saturated heterocycles. The SMILES string of the molecule is CCc1cnccc1C(NN)C1CCC1. The Kier molecular flexibility index (Phi) is 3.34. The van der Waals surface area contributed by atoms with Gasteiger partial charge in [0.2, 0.25) is 0 Å². The van der Waals surface area contributed by atoms with Gasteiger partial charge in [-0.25, -0.2) is 0 Å². The fourth-order valence-electron chi connectivity index (χ4n) is 2.29. The fourth-order valence-corrected chi connectivity index (χ4v) is 2.29. The molecule has 1 unspecified atom stereocenters. The Bertz CT molecular complexity index is 320. The van der Waals surface area contributed by atoms with Crippen LogP contribution in [0, 0.1) is 5.92 Å². The van der Waals surface area contributed by atoms with Crippen LogP contribution in [-0.4, -0.2) is 4.98 Å². The number of nitrogens with one attached hydrogen (secondary N) is 1. The number of hydrogen-bond acceptors (Lipinski definition) is 3. The number of aryl methyl sites for hydroxylation is 1. The van der Waals surface area contributed by atoms with Crippen LogP contribution >= 0.6 is 0 Å². The van der Waals surface area contributed by atoms with Crippen LogP contribution in [0.3, 0.4) is 0 Å². The lowest BCUT2D eigenvalue weighted by atomic mass is 9.76. The van der Waals surface area contributed by atoms with E-state index in [1.165, 1.54) is 30.4 Å². The van der Waals surface area contributed by atoms with Gasteiger partial charge < -0.3 is 0 Å². The van der Waals surface area contributed by atoms with Crippen molar-refractivity contribution in [2.24, 2.45) is 11.8 Å². The molecule has 0 amide bonds. The second-order valence-corrected chi connectivity index (χ2v) is 4.26. The lowest BCUT2D eigenvalue weighted by Gasteiger charge is -2.34. The molecule has 15 heavy (non-hydrogen) atoms. The molecule has 1 atom stereocenters. The average Bonchev–Trinajstić information content (AvgIpc) is 2.23. The van der Waals surface area contributed by atoms with Crippen molar-refractivity contribution in [3.05, 3.63) is 29.6 Å². The molecule has 1 aliphatic carbocycles. The number of pyridine rings is 1. The van der Waals surface area contributed by atoms with E-state index in [0.29, 0.717) is 12.0 Å². The van der Waals surface area contributed by atoms with Crippen molar-refractivity contribution in [3.8, 4) is 0 Å². The molecule has 1 aromatic heterocycles. The van der Waals surface area contributed by atoms with E-state index in [2.05, 4.69) is 23.4 Å². The molecule has 82 valence electrons. The topological polar surface area (TPSA) is 50.9 Å². The molecular weight excluding hydrogens is 186 g/mol. The van der Waals surface area contributed by atoms with Crippen molar-refractivity contribution >= 4 is 0 Å². The number of nitrogens with zero attached hydrogens (tertiary/aromatic N) is 1. The normalized spacial score (nSPS) is 18.5. The van der Waals surface area contributed by atoms with Gasteiger partial charge in [-0.15, -0.1) is 0 Å². The smallest absolute Gasteiger partial charge is 0.0491 e. The molecule has 0 aliphatic heterocycles. The van der Waals surface area contributed by atoms with Crippen molar-refractivity contribution in [3.63, 3.8) is 0 Å². The van der Waals surface area contributed by atoms with Gasteiger partial charge in [0.15, 0.2) is 0 Å². The van der Waals surface area contributed by atoms with Gasteiger partial charge in [0.1, 0.15) is 0 Å². The number of hydrazine groups is 1. The van der Waals surface area contributed by atoms with Crippen LogP contribution in [0.25, 0.3) is 0 Å². The molecule has 0 radical (unpaired) electrons. The van der Waals surface area contributed by atoms with E-state index in [1.54, 1.807) is 0 Å². The summed E-state index contributed by atoms with van der Waals surface area (Å²) in [6, 6.07) is 2.42.